The molecule has 0 unspecified atom stereocenters. The lowest BCUT2D eigenvalue weighted by Gasteiger charge is -2.14. The molecule has 0 spiro atoms. The summed E-state index contributed by atoms with van der Waals surface area (Å²) >= 11 is 0. The predicted molar refractivity (Wildman–Crippen MR) is 108 cm³/mol. The van der Waals surface area contributed by atoms with E-state index in [9.17, 15) is 13.2 Å². The topological polar surface area (TPSA) is 84.5 Å². The van der Waals surface area contributed by atoms with Crippen molar-refractivity contribution in [1.29, 1.82) is 0 Å². The van der Waals surface area contributed by atoms with Crippen LogP contribution in [0.15, 0.2) is 59.5 Å². The summed E-state index contributed by atoms with van der Waals surface area (Å²) in [5.74, 6) is -0.0362. The molecule has 28 heavy (non-hydrogen) atoms. The third-order valence-corrected chi connectivity index (χ3v) is 6.33. The van der Waals surface area contributed by atoms with Gasteiger partial charge in [0.25, 0.3) is 5.91 Å². The molecular formula is C21H26N2O4S. The molecule has 2 aromatic carbocycles. The number of nitrogens with one attached hydrogen (secondary N) is 2. The zero-order chi connectivity index (χ0) is 20.0. The lowest BCUT2D eigenvalue weighted by atomic mass is 10.0. The van der Waals surface area contributed by atoms with Gasteiger partial charge in [0, 0.05) is 25.3 Å². The molecule has 0 radical (unpaired) electrons. The second-order valence-electron chi connectivity index (χ2n) is 7.03. The van der Waals surface area contributed by atoms with Crippen LogP contribution in [0.5, 0.6) is 0 Å². The van der Waals surface area contributed by atoms with Crippen LogP contribution in [-0.4, -0.2) is 40.1 Å². The van der Waals surface area contributed by atoms with Gasteiger partial charge >= 0.3 is 0 Å². The quantitative estimate of drug-likeness (QED) is 0.711. The van der Waals surface area contributed by atoms with Gasteiger partial charge in [0.05, 0.1) is 11.0 Å². The molecule has 1 aliphatic rings. The molecule has 1 fully saturated rings. The highest BCUT2D eigenvalue weighted by molar-refractivity contribution is 7.89. The van der Waals surface area contributed by atoms with Crippen molar-refractivity contribution in [3.05, 3.63) is 65.7 Å². The second-order valence-corrected chi connectivity index (χ2v) is 8.80. The highest BCUT2D eigenvalue weighted by Crippen LogP contribution is 2.15. The number of carbonyl (C=O) groups is 1. The minimum absolute atomic E-state index is 0.0635. The fourth-order valence-electron chi connectivity index (χ4n) is 3.12. The zero-order valence-corrected chi connectivity index (χ0v) is 16.7. The first-order valence-corrected chi connectivity index (χ1v) is 11.0. The number of ether oxygens (including phenoxy) is 1. The van der Waals surface area contributed by atoms with Gasteiger partial charge in [-0.05, 0) is 48.6 Å². The summed E-state index contributed by atoms with van der Waals surface area (Å²) in [7, 11) is -3.61. The minimum Gasteiger partial charge on any atom is -0.377 e. The summed E-state index contributed by atoms with van der Waals surface area (Å²) < 4.78 is 32.8. The monoisotopic (exact) mass is 402 g/mol. The number of sulfonamides is 1. The van der Waals surface area contributed by atoms with Crippen molar-refractivity contribution in [2.45, 2.75) is 36.7 Å². The van der Waals surface area contributed by atoms with Gasteiger partial charge in [-0.15, -0.1) is 0 Å². The molecule has 150 valence electrons. The number of amides is 1. The van der Waals surface area contributed by atoms with Crippen LogP contribution in [0.4, 0.5) is 0 Å². The molecule has 2 N–H and O–H groups in total. The minimum atomic E-state index is -3.61. The fraction of sp³-hybridized carbons (Fsp3) is 0.381. The first-order valence-electron chi connectivity index (χ1n) is 9.50. The van der Waals surface area contributed by atoms with E-state index >= 15 is 0 Å². The number of hydrogen-bond acceptors (Lipinski definition) is 4. The van der Waals surface area contributed by atoms with E-state index < -0.39 is 10.0 Å². The summed E-state index contributed by atoms with van der Waals surface area (Å²) in [6.45, 7) is 3.50. The summed E-state index contributed by atoms with van der Waals surface area (Å²) in [5, 5.41) is 2.90. The van der Waals surface area contributed by atoms with Gasteiger partial charge in [0.15, 0.2) is 0 Å². The van der Waals surface area contributed by atoms with Crippen LogP contribution >= 0.6 is 0 Å². The molecule has 0 aromatic heterocycles. The predicted octanol–water partition coefficient (Wildman–Crippen LogP) is 2.68. The van der Waals surface area contributed by atoms with Crippen LogP contribution in [0.25, 0.3) is 0 Å². The standard InChI is InChI=1S/C21H26N2O4S/c1-16(17-6-3-2-4-7-17)14-22-21(24)18-9-11-20(12-10-18)28(25,26)23-15-19-8-5-13-27-19/h2-4,6-7,9-12,16,19,23H,5,8,13-15H2,1H3,(H,22,24)/t16-,19-/m0/s1. The van der Waals surface area contributed by atoms with E-state index in [2.05, 4.69) is 10.0 Å². The van der Waals surface area contributed by atoms with Crippen LogP contribution in [0.2, 0.25) is 0 Å². The normalized spacial score (nSPS) is 18.0. The molecule has 0 bridgehead atoms. The molecule has 1 aliphatic heterocycles. The van der Waals surface area contributed by atoms with Gasteiger partial charge in [0.1, 0.15) is 0 Å². The van der Waals surface area contributed by atoms with Crippen LogP contribution in [0.3, 0.4) is 0 Å². The Kier molecular flexibility index (Phi) is 6.83. The largest absolute Gasteiger partial charge is 0.377 e. The maximum absolute atomic E-state index is 12.4. The average molecular weight is 403 g/mol. The summed E-state index contributed by atoms with van der Waals surface area (Å²) in [6.07, 6.45) is 1.76. The van der Waals surface area contributed by atoms with Crippen LogP contribution in [0, 0.1) is 0 Å². The van der Waals surface area contributed by atoms with Crippen molar-refractivity contribution in [1.82, 2.24) is 10.0 Å². The Bertz CT molecular complexity index is 876. The highest BCUT2D eigenvalue weighted by atomic mass is 32.2. The smallest absolute Gasteiger partial charge is 0.251 e. The van der Waals surface area contributed by atoms with Crippen molar-refractivity contribution in [2.75, 3.05) is 19.7 Å². The van der Waals surface area contributed by atoms with Crippen molar-refractivity contribution in [3.8, 4) is 0 Å². The molecule has 0 saturated carbocycles. The Morgan fingerprint density at radius 3 is 2.50 bits per heavy atom. The van der Waals surface area contributed by atoms with Crippen LogP contribution in [-0.2, 0) is 14.8 Å². The summed E-state index contributed by atoms with van der Waals surface area (Å²) in [6, 6.07) is 15.9. The molecular weight excluding hydrogens is 376 g/mol. The van der Waals surface area contributed by atoms with Crippen molar-refractivity contribution in [3.63, 3.8) is 0 Å². The van der Waals surface area contributed by atoms with E-state index in [1.807, 2.05) is 37.3 Å². The third-order valence-electron chi connectivity index (χ3n) is 4.89. The van der Waals surface area contributed by atoms with E-state index in [1.54, 1.807) is 0 Å². The fourth-order valence-corrected chi connectivity index (χ4v) is 4.19. The van der Waals surface area contributed by atoms with E-state index in [-0.39, 0.29) is 29.4 Å². The average Bonchev–Trinajstić information content (AvgIpc) is 3.25. The molecule has 1 heterocycles. The molecule has 2 atom stereocenters. The molecule has 1 amide bonds. The Labute approximate surface area is 166 Å². The third kappa shape index (κ3) is 5.41. The Balaban J connectivity index is 1.54. The van der Waals surface area contributed by atoms with Crippen molar-refractivity contribution in [2.24, 2.45) is 0 Å². The van der Waals surface area contributed by atoms with Gasteiger partial charge in [-0.25, -0.2) is 13.1 Å². The number of rotatable bonds is 8. The van der Waals surface area contributed by atoms with Crippen LogP contribution in [0.1, 0.15) is 41.6 Å². The first kappa shape index (κ1) is 20.5. The Morgan fingerprint density at radius 1 is 1.14 bits per heavy atom. The lowest BCUT2D eigenvalue weighted by Crippen LogP contribution is -2.32. The number of hydrogen-bond donors (Lipinski definition) is 2. The number of benzene rings is 2. The van der Waals surface area contributed by atoms with Crippen molar-refractivity contribution < 1.29 is 17.9 Å². The molecule has 7 heteroatoms. The van der Waals surface area contributed by atoms with Gasteiger partial charge in [-0.3, -0.25) is 4.79 Å². The van der Waals surface area contributed by atoms with Crippen LogP contribution < -0.4 is 10.0 Å². The maximum atomic E-state index is 12.4. The van der Waals surface area contributed by atoms with Gasteiger partial charge in [-0.2, -0.15) is 0 Å². The summed E-state index contributed by atoms with van der Waals surface area (Å²) in [5.41, 5.74) is 1.58. The van der Waals surface area contributed by atoms with Crippen molar-refractivity contribution >= 4 is 15.9 Å². The summed E-state index contributed by atoms with van der Waals surface area (Å²) in [4.78, 5) is 12.5. The van der Waals surface area contributed by atoms with E-state index in [0.717, 1.165) is 18.4 Å². The Hall–Kier alpha value is -2.22. The lowest BCUT2D eigenvalue weighted by molar-refractivity contribution is 0.0951. The van der Waals surface area contributed by atoms with E-state index in [0.29, 0.717) is 18.7 Å². The molecule has 3 rings (SSSR count). The molecule has 6 nitrogen and oxygen atoms in total. The highest BCUT2D eigenvalue weighted by Gasteiger charge is 2.20. The van der Waals surface area contributed by atoms with E-state index in [1.165, 1.54) is 24.3 Å². The van der Waals surface area contributed by atoms with Gasteiger partial charge in [-0.1, -0.05) is 37.3 Å². The number of carbonyl (C=O) groups excluding carboxylic acids is 1. The first-order chi connectivity index (χ1) is 13.5. The molecule has 1 saturated heterocycles. The molecule has 0 aliphatic carbocycles. The zero-order valence-electron chi connectivity index (χ0n) is 15.9. The Morgan fingerprint density at radius 2 is 1.86 bits per heavy atom. The SMILES string of the molecule is C[C@@H](CNC(=O)c1ccc(S(=O)(=O)NC[C@@H]2CCCO2)cc1)c1ccccc1. The van der Waals surface area contributed by atoms with Gasteiger partial charge in [0.2, 0.25) is 10.0 Å². The van der Waals surface area contributed by atoms with Gasteiger partial charge < -0.3 is 10.1 Å². The molecule has 2 aromatic rings. The van der Waals surface area contributed by atoms with E-state index in [4.69, 9.17) is 4.74 Å². The maximum Gasteiger partial charge on any atom is 0.251 e. The second kappa shape index (κ2) is 9.32.